The van der Waals surface area contributed by atoms with E-state index in [4.69, 9.17) is 10.3 Å². The Morgan fingerprint density at radius 3 is 2.41 bits per heavy atom. The van der Waals surface area contributed by atoms with Gasteiger partial charge in [-0.15, -0.1) is 0 Å². The van der Waals surface area contributed by atoms with Crippen molar-refractivity contribution in [2.75, 3.05) is 0 Å². The molecule has 0 spiro atoms. The first-order valence-corrected chi connectivity index (χ1v) is 5.67. The van der Waals surface area contributed by atoms with Crippen LogP contribution in [0.2, 0.25) is 0 Å². The summed E-state index contributed by atoms with van der Waals surface area (Å²) in [5.74, 6) is 1.14. The lowest BCUT2D eigenvalue weighted by atomic mass is 9.84. The van der Waals surface area contributed by atoms with Crippen LogP contribution in [-0.4, -0.2) is 10.1 Å². The van der Waals surface area contributed by atoms with E-state index in [0.717, 1.165) is 5.56 Å². The van der Waals surface area contributed by atoms with Crippen LogP contribution in [-0.2, 0) is 5.41 Å². The van der Waals surface area contributed by atoms with E-state index in [1.165, 1.54) is 0 Å². The number of benzene rings is 1. The maximum atomic E-state index is 5.71. The Labute approximate surface area is 101 Å². The highest BCUT2D eigenvalue weighted by molar-refractivity contribution is 5.30. The van der Waals surface area contributed by atoms with Crippen molar-refractivity contribution in [1.82, 2.24) is 10.1 Å². The van der Waals surface area contributed by atoms with E-state index in [1.54, 1.807) is 0 Å². The van der Waals surface area contributed by atoms with Crippen molar-refractivity contribution in [1.29, 1.82) is 0 Å². The van der Waals surface area contributed by atoms with Crippen molar-refractivity contribution in [2.45, 2.75) is 32.2 Å². The molecular formula is C13H17N3O. The summed E-state index contributed by atoms with van der Waals surface area (Å²) >= 11 is 0. The molecule has 2 aromatic rings. The van der Waals surface area contributed by atoms with E-state index in [9.17, 15) is 0 Å². The van der Waals surface area contributed by atoms with Crippen molar-refractivity contribution in [3.63, 3.8) is 0 Å². The second-order valence-electron chi connectivity index (χ2n) is 4.74. The normalized spacial score (nSPS) is 13.6. The fourth-order valence-corrected chi connectivity index (χ4v) is 1.66. The van der Waals surface area contributed by atoms with Gasteiger partial charge in [0.15, 0.2) is 5.82 Å². The predicted octanol–water partition coefficient (Wildman–Crippen LogP) is 2.42. The number of rotatable bonds is 3. The standard InChI is InChI=1S/C13H17N3O/c1-9(14)11-15-12(16-17-11)13(2,3)10-7-5-4-6-8-10/h4-9H,14H2,1-3H3/t9-/m1/s1. The summed E-state index contributed by atoms with van der Waals surface area (Å²) in [6.45, 7) is 5.96. The summed E-state index contributed by atoms with van der Waals surface area (Å²) in [5.41, 5.74) is 6.58. The first kappa shape index (κ1) is 11.8. The van der Waals surface area contributed by atoms with E-state index in [1.807, 2.05) is 25.1 Å². The van der Waals surface area contributed by atoms with Gasteiger partial charge in [0.2, 0.25) is 5.89 Å². The molecule has 2 rings (SSSR count). The van der Waals surface area contributed by atoms with Crippen molar-refractivity contribution in [3.05, 3.63) is 47.6 Å². The number of aromatic nitrogens is 2. The molecule has 0 radical (unpaired) electrons. The zero-order valence-corrected chi connectivity index (χ0v) is 10.3. The van der Waals surface area contributed by atoms with Crippen molar-refractivity contribution >= 4 is 0 Å². The number of nitrogens with two attached hydrogens (primary N) is 1. The quantitative estimate of drug-likeness (QED) is 0.881. The summed E-state index contributed by atoms with van der Waals surface area (Å²) in [5, 5.41) is 4.02. The monoisotopic (exact) mass is 231 g/mol. The maximum absolute atomic E-state index is 5.71. The van der Waals surface area contributed by atoms with Gasteiger partial charge in [0.25, 0.3) is 0 Å². The van der Waals surface area contributed by atoms with Gasteiger partial charge in [-0.2, -0.15) is 4.98 Å². The third-order valence-corrected chi connectivity index (χ3v) is 2.89. The molecule has 1 aromatic carbocycles. The summed E-state index contributed by atoms with van der Waals surface area (Å²) in [7, 11) is 0. The topological polar surface area (TPSA) is 64.9 Å². The van der Waals surface area contributed by atoms with Crippen LogP contribution in [0, 0.1) is 0 Å². The van der Waals surface area contributed by atoms with E-state index < -0.39 is 0 Å². The molecular weight excluding hydrogens is 214 g/mol. The molecule has 0 aliphatic heterocycles. The van der Waals surface area contributed by atoms with Gasteiger partial charge in [-0.05, 0) is 26.3 Å². The van der Waals surface area contributed by atoms with Crippen LogP contribution in [0.4, 0.5) is 0 Å². The summed E-state index contributed by atoms with van der Waals surface area (Å²) < 4.78 is 5.15. The van der Waals surface area contributed by atoms with Gasteiger partial charge in [-0.25, -0.2) is 0 Å². The molecule has 1 aromatic heterocycles. The van der Waals surface area contributed by atoms with Crippen LogP contribution in [0.3, 0.4) is 0 Å². The van der Waals surface area contributed by atoms with Gasteiger partial charge in [-0.1, -0.05) is 35.5 Å². The largest absolute Gasteiger partial charge is 0.338 e. The number of hydrogen-bond acceptors (Lipinski definition) is 4. The second kappa shape index (κ2) is 4.30. The molecule has 1 heterocycles. The molecule has 1 atom stereocenters. The third kappa shape index (κ3) is 2.22. The first-order valence-electron chi connectivity index (χ1n) is 5.67. The van der Waals surface area contributed by atoms with Crippen LogP contribution in [0.25, 0.3) is 0 Å². The molecule has 4 nitrogen and oxygen atoms in total. The Kier molecular flexibility index (Phi) is 2.98. The summed E-state index contributed by atoms with van der Waals surface area (Å²) in [6, 6.07) is 9.88. The molecule has 90 valence electrons. The fourth-order valence-electron chi connectivity index (χ4n) is 1.66. The highest BCUT2D eigenvalue weighted by Gasteiger charge is 2.29. The van der Waals surface area contributed by atoms with E-state index >= 15 is 0 Å². The van der Waals surface area contributed by atoms with E-state index in [0.29, 0.717) is 11.7 Å². The van der Waals surface area contributed by atoms with Crippen molar-refractivity contribution < 1.29 is 4.52 Å². The Morgan fingerprint density at radius 1 is 1.24 bits per heavy atom. The molecule has 4 heteroatoms. The minimum Gasteiger partial charge on any atom is -0.338 e. The SMILES string of the molecule is C[C@@H](N)c1nc(C(C)(C)c2ccccc2)no1. The average molecular weight is 231 g/mol. The van der Waals surface area contributed by atoms with Gasteiger partial charge in [0.05, 0.1) is 11.5 Å². The van der Waals surface area contributed by atoms with Crippen molar-refractivity contribution in [3.8, 4) is 0 Å². The molecule has 0 amide bonds. The highest BCUT2D eigenvalue weighted by atomic mass is 16.5. The second-order valence-corrected chi connectivity index (χ2v) is 4.74. The van der Waals surface area contributed by atoms with Crippen LogP contribution in [0.1, 0.15) is 44.1 Å². The van der Waals surface area contributed by atoms with Crippen LogP contribution < -0.4 is 5.73 Å². The van der Waals surface area contributed by atoms with Crippen LogP contribution >= 0.6 is 0 Å². The summed E-state index contributed by atoms with van der Waals surface area (Å²) in [4.78, 5) is 4.36. The first-order chi connectivity index (χ1) is 8.01. The van der Waals surface area contributed by atoms with Gasteiger partial charge in [-0.3, -0.25) is 0 Å². The van der Waals surface area contributed by atoms with Crippen molar-refractivity contribution in [2.24, 2.45) is 5.73 Å². The highest BCUT2D eigenvalue weighted by Crippen LogP contribution is 2.29. The Hall–Kier alpha value is -1.68. The smallest absolute Gasteiger partial charge is 0.243 e. The maximum Gasteiger partial charge on any atom is 0.243 e. The van der Waals surface area contributed by atoms with E-state index in [-0.39, 0.29) is 11.5 Å². The Bertz CT molecular complexity index is 488. The van der Waals surface area contributed by atoms with Gasteiger partial charge < -0.3 is 10.3 Å². The Balaban J connectivity index is 2.37. The minimum atomic E-state index is -0.280. The van der Waals surface area contributed by atoms with E-state index in [2.05, 4.69) is 36.1 Å². The lowest BCUT2D eigenvalue weighted by Gasteiger charge is -2.20. The van der Waals surface area contributed by atoms with Gasteiger partial charge in [0.1, 0.15) is 0 Å². The average Bonchev–Trinajstić information content (AvgIpc) is 2.80. The molecule has 0 saturated carbocycles. The lowest BCUT2D eigenvalue weighted by Crippen LogP contribution is -2.21. The lowest BCUT2D eigenvalue weighted by molar-refractivity contribution is 0.351. The molecule has 0 aliphatic carbocycles. The Morgan fingerprint density at radius 2 is 1.88 bits per heavy atom. The van der Waals surface area contributed by atoms with Crippen LogP contribution in [0.5, 0.6) is 0 Å². The number of nitrogens with zero attached hydrogens (tertiary/aromatic N) is 2. The summed E-state index contributed by atoms with van der Waals surface area (Å²) in [6.07, 6.45) is 0. The molecule has 0 saturated heterocycles. The third-order valence-electron chi connectivity index (χ3n) is 2.89. The molecule has 2 N–H and O–H groups in total. The molecule has 0 bridgehead atoms. The minimum absolute atomic E-state index is 0.233. The molecule has 0 aliphatic rings. The zero-order chi connectivity index (χ0) is 12.5. The number of hydrogen-bond donors (Lipinski definition) is 1. The predicted molar refractivity (Wildman–Crippen MR) is 65.5 cm³/mol. The van der Waals surface area contributed by atoms with Crippen LogP contribution in [0.15, 0.2) is 34.9 Å². The molecule has 17 heavy (non-hydrogen) atoms. The van der Waals surface area contributed by atoms with Gasteiger partial charge >= 0.3 is 0 Å². The molecule has 0 fully saturated rings. The zero-order valence-electron chi connectivity index (χ0n) is 10.3. The van der Waals surface area contributed by atoms with Gasteiger partial charge in [0, 0.05) is 0 Å². The fraction of sp³-hybridized carbons (Fsp3) is 0.385. The molecule has 0 unspecified atom stereocenters.